The van der Waals surface area contributed by atoms with Gasteiger partial charge in [0.25, 0.3) is 5.89 Å². The Morgan fingerprint density at radius 3 is 2.89 bits per heavy atom. The molecule has 0 spiro atoms. The quantitative estimate of drug-likeness (QED) is 0.724. The second-order valence-electron chi connectivity index (χ2n) is 4.18. The van der Waals surface area contributed by atoms with Crippen LogP contribution in [0.1, 0.15) is 11.4 Å². The summed E-state index contributed by atoms with van der Waals surface area (Å²) in [6.45, 7) is 0. The topological polar surface area (TPSA) is 77.8 Å². The highest BCUT2D eigenvalue weighted by atomic mass is 16.5. The van der Waals surface area contributed by atoms with Gasteiger partial charge in [-0.15, -0.1) is 0 Å². The number of nitrogen functional groups attached to an aromatic ring is 1. The van der Waals surface area contributed by atoms with Crippen molar-refractivity contribution in [1.29, 1.82) is 0 Å². The van der Waals surface area contributed by atoms with Crippen molar-refractivity contribution in [3.8, 4) is 11.5 Å². The van der Waals surface area contributed by atoms with Crippen LogP contribution >= 0.6 is 0 Å². The third kappa shape index (κ3) is 2.60. The Balaban J connectivity index is 1.84. The highest BCUT2D eigenvalue weighted by Gasteiger charge is 2.09. The fourth-order valence-electron chi connectivity index (χ4n) is 1.80. The normalized spacial score (nSPS) is 10.5. The van der Waals surface area contributed by atoms with Gasteiger partial charge in [-0.2, -0.15) is 4.98 Å². The van der Waals surface area contributed by atoms with Crippen LogP contribution in [0.5, 0.6) is 0 Å². The van der Waals surface area contributed by atoms with Gasteiger partial charge in [0.1, 0.15) is 0 Å². The van der Waals surface area contributed by atoms with Crippen molar-refractivity contribution in [3.05, 3.63) is 60.2 Å². The molecule has 0 unspecified atom stereocenters. The minimum Gasteiger partial charge on any atom is -0.399 e. The van der Waals surface area contributed by atoms with Gasteiger partial charge in [-0.05, 0) is 29.8 Å². The molecule has 2 heterocycles. The molecule has 0 bridgehead atoms. The van der Waals surface area contributed by atoms with Gasteiger partial charge < -0.3 is 10.3 Å². The third-order valence-electron chi connectivity index (χ3n) is 2.69. The largest absolute Gasteiger partial charge is 0.399 e. The van der Waals surface area contributed by atoms with Crippen LogP contribution in [0.2, 0.25) is 0 Å². The molecule has 0 aliphatic carbocycles. The smallest absolute Gasteiger partial charge is 0.258 e. The number of hydrogen-bond acceptors (Lipinski definition) is 5. The van der Waals surface area contributed by atoms with E-state index in [1.807, 2.05) is 30.3 Å². The van der Waals surface area contributed by atoms with E-state index in [0.717, 1.165) is 11.1 Å². The van der Waals surface area contributed by atoms with Gasteiger partial charge in [0, 0.05) is 30.1 Å². The molecule has 5 heteroatoms. The van der Waals surface area contributed by atoms with Crippen molar-refractivity contribution in [2.24, 2.45) is 0 Å². The van der Waals surface area contributed by atoms with Crippen LogP contribution in [-0.4, -0.2) is 15.1 Å². The van der Waals surface area contributed by atoms with Crippen molar-refractivity contribution in [3.63, 3.8) is 0 Å². The molecule has 0 aliphatic heterocycles. The fraction of sp³-hybridized carbons (Fsp3) is 0.0714. The molecule has 0 atom stereocenters. The van der Waals surface area contributed by atoms with Gasteiger partial charge in [-0.25, -0.2) is 0 Å². The predicted octanol–water partition coefficient (Wildman–Crippen LogP) is 2.30. The third-order valence-corrected chi connectivity index (χ3v) is 2.69. The Labute approximate surface area is 110 Å². The van der Waals surface area contributed by atoms with Gasteiger partial charge in [-0.1, -0.05) is 17.3 Å². The maximum atomic E-state index is 5.73. The molecule has 0 saturated carbocycles. The summed E-state index contributed by atoms with van der Waals surface area (Å²) < 4.78 is 5.24. The SMILES string of the molecule is Nc1cccc(-c2nc(Cc3cccnc3)no2)c1. The zero-order valence-corrected chi connectivity index (χ0v) is 10.2. The Hall–Kier alpha value is -2.69. The molecule has 2 aromatic heterocycles. The van der Waals surface area contributed by atoms with Crippen molar-refractivity contribution in [2.75, 3.05) is 5.73 Å². The first-order valence-electron chi connectivity index (χ1n) is 5.89. The summed E-state index contributed by atoms with van der Waals surface area (Å²) in [5.41, 5.74) is 8.27. The summed E-state index contributed by atoms with van der Waals surface area (Å²) in [6.07, 6.45) is 4.12. The van der Waals surface area contributed by atoms with Gasteiger partial charge >= 0.3 is 0 Å². The van der Waals surface area contributed by atoms with Crippen molar-refractivity contribution < 1.29 is 4.52 Å². The molecule has 0 amide bonds. The second-order valence-corrected chi connectivity index (χ2v) is 4.18. The Morgan fingerprint density at radius 1 is 1.16 bits per heavy atom. The first kappa shape index (κ1) is 11.4. The first-order chi connectivity index (χ1) is 9.31. The molecule has 2 N–H and O–H groups in total. The predicted molar refractivity (Wildman–Crippen MR) is 71.2 cm³/mol. The van der Waals surface area contributed by atoms with Crippen LogP contribution in [0.25, 0.3) is 11.5 Å². The van der Waals surface area contributed by atoms with Gasteiger partial charge in [-0.3, -0.25) is 4.98 Å². The highest BCUT2D eigenvalue weighted by Crippen LogP contribution is 2.20. The lowest BCUT2D eigenvalue weighted by atomic mass is 10.2. The zero-order valence-electron chi connectivity index (χ0n) is 10.2. The van der Waals surface area contributed by atoms with E-state index in [9.17, 15) is 0 Å². The summed E-state index contributed by atoms with van der Waals surface area (Å²) in [5, 5.41) is 3.96. The minimum absolute atomic E-state index is 0.478. The second kappa shape index (κ2) is 4.89. The number of nitrogens with two attached hydrogens (primary N) is 1. The Kier molecular flexibility index (Phi) is 2.94. The fourth-order valence-corrected chi connectivity index (χ4v) is 1.80. The average Bonchev–Trinajstić information content (AvgIpc) is 2.88. The monoisotopic (exact) mass is 252 g/mol. The molecule has 94 valence electrons. The minimum atomic E-state index is 0.478. The van der Waals surface area contributed by atoms with Crippen LogP contribution in [0.4, 0.5) is 5.69 Å². The van der Waals surface area contributed by atoms with E-state index in [1.54, 1.807) is 18.5 Å². The van der Waals surface area contributed by atoms with Crippen LogP contribution in [0.15, 0.2) is 53.3 Å². The van der Waals surface area contributed by atoms with Crippen molar-refractivity contribution in [1.82, 2.24) is 15.1 Å². The molecule has 0 radical (unpaired) electrons. The van der Waals surface area contributed by atoms with Crippen LogP contribution in [-0.2, 0) is 6.42 Å². The van der Waals surface area contributed by atoms with E-state index >= 15 is 0 Å². The maximum Gasteiger partial charge on any atom is 0.258 e. The summed E-state index contributed by atoms with van der Waals surface area (Å²) in [7, 11) is 0. The number of hydrogen-bond donors (Lipinski definition) is 1. The van der Waals surface area contributed by atoms with E-state index in [1.165, 1.54) is 0 Å². The van der Waals surface area contributed by atoms with Crippen molar-refractivity contribution in [2.45, 2.75) is 6.42 Å². The summed E-state index contributed by atoms with van der Waals surface area (Å²) in [4.78, 5) is 8.41. The lowest BCUT2D eigenvalue weighted by molar-refractivity contribution is 0.424. The molecule has 5 nitrogen and oxygen atoms in total. The molecular weight excluding hydrogens is 240 g/mol. The number of aromatic nitrogens is 3. The van der Waals surface area contributed by atoms with Crippen LogP contribution in [0, 0.1) is 0 Å². The molecule has 3 rings (SSSR count). The van der Waals surface area contributed by atoms with E-state index in [0.29, 0.717) is 23.8 Å². The lowest BCUT2D eigenvalue weighted by Crippen LogP contribution is -1.91. The zero-order chi connectivity index (χ0) is 13.1. The van der Waals surface area contributed by atoms with Gasteiger partial charge in [0.05, 0.1) is 0 Å². The van der Waals surface area contributed by atoms with Gasteiger partial charge in [0.2, 0.25) is 0 Å². The molecule has 0 fully saturated rings. The molecule has 3 aromatic rings. The first-order valence-corrected chi connectivity index (χ1v) is 5.89. The molecule has 19 heavy (non-hydrogen) atoms. The van der Waals surface area contributed by atoms with E-state index in [2.05, 4.69) is 15.1 Å². The van der Waals surface area contributed by atoms with Gasteiger partial charge in [0.15, 0.2) is 5.82 Å². The average molecular weight is 252 g/mol. The number of nitrogens with zero attached hydrogens (tertiary/aromatic N) is 3. The Morgan fingerprint density at radius 2 is 2.11 bits per heavy atom. The maximum absolute atomic E-state index is 5.73. The molecule has 1 aromatic carbocycles. The van der Waals surface area contributed by atoms with E-state index in [4.69, 9.17) is 10.3 Å². The van der Waals surface area contributed by atoms with Crippen LogP contribution in [0.3, 0.4) is 0 Å². The van der Waals surface area contributed by atoms with E-state index in [-0.39, 0.29) is 0 Å². The summed E-state index contributed by atoms with van der Waals surface area (Å²) in [5.74, 6) is 1.11. The van der Waals surface area contributed by atoms with Crippen LogP contribution < -0.4 is 5.73 Å². The number of rotatable bonds is 3. The van der Waals surface area contributed by atoms with E-state index < -0.39 is 0 Å². The number of anilines is 1. The lowest BCUT2D eigenvalue weighted by Gasteiger charge is -1.95. The number of pyridine rings is 1. The Bertz CT molecular complexity index is 679. The highest BCUT2D eigenvalue weighted by molar-refractivity contribution is 5.59. The molecular formula is C14H12N4O. The molecule has 0 aliphatic rings. The molecule has 0 saturated heterocycles. The summed E-state index contributed by atoms with van der Waals surface area (Å²) in [6, 6.07) is 11.2. The standard InChI is InChI=1S/C14H12N4O/c15-12-5-1-4-11(8-12)14-17-13(18-19-14)7-10-3-2-6-16-9-10/h1-6,8-9H,7,15H2. The number of benzene rings is 1. The van der Waals surface area contributed by atoms with Crippen molar-refractivity contribution >= 4 is 5.69 Å². The summed E-state index contributed by atoms with van der Waals surface area (Å²) >= 11 is 0.